The standard InChI is InChI=1S/C37H41NO4S/c1-2-3-4-5-6-7-8-9-10-11-13-29-15-19-31(20-16-29)36(39)41-34-25-21-32(22-26-34)38-28-30-17-23-33(24-18-30)42-37(40)35-14-12-27-43-35/h12,14-28H,2-11,13H2,1H3. The zero-order chi connectivity index (χ0) is 30.1. The molecule has 0 aliphatic carbocycles. The maximum absolute atomic E-state index is 12.6. The fraction of sp³-hybridized carbons (Fsp3) is 0.324. The Kier molecular flexibility index (Phi) is 13.2. The van der Waals surface area contributed by atoms with Crippen molar-refractivity contribution in [3.63, 3.8) is 0 Å². The van der Waals surface area contributed by atoms with Gasteiger partial charge >= 0.3 is 11.9 Å². The molecule has 5 nitrogen and oxygen atoms in total. The van der Waals surface area contributed by atoms with Crippen molar-refractivity contribution in [2.24, 2.45) is 4.99 Å². The number of hydrogen-bond acceptors (Lipinski definition) is 6. The van der Waals surface area contributed by atoms with Gasteiger partial charge in [0.25, 0.3) is 0 Å². The van der Waals surface area contributed by atoms with E-state index in [1.807, 2.05) is 47.8 Å². The molecule has 0 amide bonds. The van der Waals surface area contributed by atoms with Crippen LogP contribution >= 0.6 is 11.3 Å². The highest BCUT2D eigenvalue weighted by atomic mass is 32.1. The molecule has 0 spiro atoms. The fourth-order valence-corrected chi connectivity index (χ4v) is 5.31. The van der Waals surface area contributed by atoms with Crippen molar-refractivity contribution in [3.8, 4) is 11.5 Å². The van der Waals surface area contributed by atoms with Gasteiger partial charge in [0.05, 0.1) is 11.3 Å². The van der Waals surface area contributed by atoms with Gasteiger partial charge in [-0.3, -0.25) is 4.99 Å². The van der Waals surface area contributed by atoms with Crippen LogP contribution in [0.4, 0.5) is 5.69 Å². The molecule has 0 bridgehead atoms. The zero-order valence-corrected chi connectivity index (χ0v) is 25.8. The molecule has 1 aromatic heterocycles. The molecule has 0 aliphatic rings. The van der Waals surface area contributed by atoms with E-state index in [4.69, 9.17) is 9.47 Å². The maximum atomic E-state index is 12.6. The first-order chi connectivity index (χ1) is 21.1. The van der Waals surface area contributed by atoms with E-state index in [0.29, 0.717) is 21.9 Å². The first-order valence-corrected chi connectivity index (χ1v) is 16.3. The number of carbonyl (C=O) groups is 2. The Balaban J connectivity index is 1.15. The van der Waals surface area contributed by atoms with Crippen LogP contribution in [-0.4, -0.2) is 18.2 Å². The number of aliphatic imine (C=N–C) groups is 1. The second-order valence-corrected chi connectivity index (χ2v) is 11.7. The second kappa shape index (κ2) is 17.8. The van der Waals surface area contributed by atoms with Crippen molar-refractivity contribution in [3.05, 3.63) is 112 Å². The van der Waals surface area contributed by atoms with Gasteiger partial charge in [-0.1, -0.05) is 82.9 Å². The summed E-state index contributed by atoms with van der Waals surface area (Å²) in [6.45, 7) is 2.26. The average Bonchev–Trinajstić information content (AvgIpc) is 3.58. The van der Waals surface area contributed by atoms with E-state index in [2.05, 4.69) is 11.9 Å². The molecule has 0 saturated heterocycles. The number of esters is 2. The third-order valence-corrected chi connectivity index (χ3v) is 8.08. The Hall–Kier alpha value is -4.03. The lowest BCUT2D eigenvalue weighted by atomic mass is 10.0. The van der Waals surface area contributed by atoms with Gasteiger partial charge < -0.3 is 9.47 Å². The van der Waals surface area contributed by atoms with E-state index < -0.39 is 0 Å². The number of ether oxygens (including phenoxy) is 2. The molecular formula is C37H41NO4S. The van der Waals surface area contributed by atoms with Gasteiger partial charge in [0, 0.05) is 6.21 Å². The lowest BCUT2D eigenvalue weighted by molar-refractivity contribution is 0.0727. The summed E-state index contributed by atoms with van der Waals surface area (Å²) in [5.74, 6) is 0.205. The minimum Gasteiger partial charge on any atom is -0.423 e. The van der Waals surface area contributed by atoms with E-state index in [-0.39, 0.29) is 11.9 Å². The predicted molar refractivity (Wildman–Crippen MR) is 176 cm³/mol. The van der Waals surface area contributed by atoms with Crippen LogP contribution < -0.4 is 9.47 Å². The number of unbranched alkanes of at least 4 members (excludes halogenated alkanes) is 9. The summed E-state index contributed by atoms with van der Waals surface area (Å²) in [6, 6.07) is 25.5. The van der Waals surface area contributed by atoms with Crippen LogP contribution in [0.1, 0.15) is 102 Å². The maximum Gasteiger partial charge on any atom is 0.353 e. The van der Waals surface area contributed by atoms with Gasteiger partial charge in [-0.15, -0.1) is 11.3 Å². The molecule has 0 N–H and O–H groups in total. The molecule has 224 valence electrons. The normalized spacial score (nSPS) is 11.1. The Labute approximate surface area is 259 Å². The molecule has 43 heavy (non-hydrogen) atoms. The van der Waals surface area contributed by atoms with Crippen molar-refractivity contribution >= 4 is 35.2 Å². The highest BCUT2D eigenvalue weighted by molar-refractivity contribution is 7.12. The van der Waals surface area contributed by atoms with Crippen molar-refractivity contribution in [1.82, 2.24) is 0 Å². The molecule has 4 rings (SSSR count). The van der Waals surface area contributed by atoms with Gasteiger partial charge in [-0.2, -0.15) is 0 Å². The van der Waals surface area contributed by atoms with Crippen molar-refractivity contribution in [1.29, 1.82) is 0 Å². The van der Waals surface area contributed by atoms with Crippen LogP contribution in [0, 0.1) is 0 Å². The van der Waals surface area contributed by atoms with E-state index in [9.17, 15) is 9.59 Å². The fourth-order valence-electron chi connectivity index (χ4n) is 4.71. The van der Waals surface area contributed by atoms with E-state index >= 15 is 0 Å². The minimum atomic E-state index is -0.374. The van der Waals surface area contributed by atoms with Crippen LogP contribution in [0.2, 0.25) is 0 Å². The summed E-state index contributed by atoms with van der Waals surface area (Å²) in [4.78, 5) is 29.8. The first kappa shape index (κ1) is 31.9. The monoisotopic (exact) mass is 595 g/mol. The van der Waals surface area contributed by atoms with Gasteiger partial charge in [-0.25, -0.2) is 9.59 Å². The Morgan fingerprint density at radius 1 is 0.674 bits per heavy atom. The molecule has 0 saturated carbocycles. The molecule has 0 fully saturated rings. The Bertz CT molecular complexity index is 1410. The molecule has 1 heterocycles. The molecule has 0 aliphatic heterocycles. The summed E-state index contributed by atoms with van der Waals surface area (Å²) < 4.78 is 11.0. The minimum absolute atomic E-state index is 0.367. The Morgan fingerprint density at radius 3 is 1.86 bits per heavy atom. The average molecular weight is 596 g/mol. The van der Waals surface area contributed by atoms with Crippen LogP contribution in [0.3, 0.4) is 0 Å². The lowest BCUT2D eigenvalue weighted by Gasteiger charge is -2.06. The number of rotatable bonds is 17. The molecular weight excluding hydrogens is 554 g/mol. The topological polar surface area (TPSA) is 65.0 Å². The molecule has 3 aromatic carbocycles. The second-order valence-electron chi connectivity index (χ2n) is 10.7. The van der Waals surface area contributed by atoms with Crippen LogP contribution in [0.25, 0.3) is 0 Å². The first-order valence-electron chi connectivity index (χ1n) is 15.4. The number of benzene rings is 3. The quantitative estimate of drug-likeness (QED) is 0.0527. The Morgan fingerprint density at radius 2 is 1.26 bits per heavy atom. The summed E-state index contributed by atoms with van der Waals surface area (Å²) in [5.41, 5.74) is 3.39. The molecule has 0 unspecified atom stereocenters. The third kappa shape index (κ3) is 11.3. The number of aryl methyl sites for hydroxylation is 1. The largest absolute Gasteiger partial charge is 0.423 e. The van der Waals surface area contributed by atoms with E-state index in [1.54, 1.807) is 48.7 Å². The predicted octanol–water partition coefficient (Wildman–Crippen LogP) is 10.4. The number of thiophene rings is 1. The van der Waals surface area contributed by atoms with Gasteiger partial charge in [0.2, 0.25) is 0 Å². The highest BCUT2D eigenvalue weighted by Gasteiger charge is 2.10. The summed E-state index contributed by atoms with van der Waals surface area (Å²) in [5, 5.41) is 1.84. The summed E-state index contributed by atoms with van der Waals surface area (Å²) in [6.07, 6.45) is 16.1. The van der Waals surface area contributed by atoms with Gasteiger partial charge in [0.1, 0.15) is 16.4 Å². The summed E-state index contributed by atoms with van der Waals surface area (Å²) in [7, 11) is 0. The molecule has 0 atom stereocenters. The smallest absolute Gasteiger partial charge is 0.353 e. The number of nitrogens with zero attached hydrogens (tertiary/aromatic N) is 1. The van der Waals surface area contributed by atoms with Crippen molar-refractivity contribution in [2.45, 2.75) is 77.6 Å². The van der Waals surface area contributed by atoms with Gasteiger partial charge in [0.15, 0.2) is 0 Å². The van der Waals surface area contributed by atoms with Crippen LogP contribution in [0.5, 0.6) is 11.5 Å². The van der Waals surface area contributed by atoms with Crippen LogP contribution in [-0.2, 0) is 6.42 Å². The van der Waals surface area contributed by atoms with E-state index in [0.717, 1.165) is 17.7 Å². The van der Waals surface area contributed by atoms with Crippen LogP contribution in [0.15, 0.2) is 95.3 Å². The third-order valence-electron chi connectivity index (χ3n) is 7.23. The molecule has 6 heteroatoms. The van der Waals surface area contributed by atoms with Crippen molar-refractivity contribution < 1.29 is 19.1 Å². The zero-order valence-electron chi connectivity index (χ0n) is 25.0. The lowest BCUT2D eigenvalue weighted by Crippen LogP contribution is -2.08. The highest BCUT2D eigenvalue weighted by Crippen LogP contribution is 2.21. The molecule has 0 radical (unpaired) electrons. The number of hydrogen-bond donors (Lipinski definition) is 0. The van der Waals surface area contributed by atoms with Crippen molar-refractivity contribution in [2.75, 3.05) is 0 Å². The SMILES string of the molecule is CCCCCCCCCCCCc1ccc(C(=O)Oc2ccc(N=Cc3ccc(OC(=O)c4cccs4)cc3)cc2)cc1. The summed E-state index contributed by atoms with van der Waals surface area (Å²) >= 11 is 1.35. The molecule has 4 aromatic rings. The number of carbonyl (C=O) groups excluding carboxylic acids is 2. The van der Waals surface area contributed by atoms with Gasteiger partial charge in [-0.05, 0) is 96.1 Å². The van der Waals surface area contributed by atoms with E-state index in [1.165, 1.54) is 81.1 Å².